The molecule has 0 unspecified atom stereocenters. The molecule has 0 aliphatic rings. The highest BCUT2D eigenvalue weighted by Gasteiger charge is 2.11. The van der Waals surface area contributed by atoms with Crippen molar-refractivity contribution < 1.29 is 14.3 Å². The summed E-state index contributed by atoms with van der Waals surface area (Å²) in [7, 11) is 1.59. The molecule has 0 saturated carbocycles. The molecule has 0 spiro atoms. The Morgan fingerprint density at radius 3 is 2.68 bits per heavy atom. The van der Waals surface area contributed by atoms with Crippen molar-refractivity contribution in [3.05, 3.63) is 65.4 Å². The SMILES string of the molecule is COc1cc(C=NNC(=O)c2cc(C)nc3ccccc23)ccc1OC(C)C. The zero-order valence-electron chi connectivity index (χ0n) is 16.4. The summed E-state index contributed by atoms with van der Waals surface area (Å²) in [5.41, 5.74) is 5.46. The van der Waals surface area contributed by atoms with Crippen LogP contribution in [0.25, 0.3) is 10.9 Å². The summed E-state index contributed by atoms with van der Waals surface area (Å²) < 4.78 is 11.1. The maximum atomic E-state index is 12.6. The van der Waals surface area contributed by atoms with Gasteiger partial charge in [0, 0.05) is 11.1 Å². The molecule has 3 rings (SSSR count). The van der Waals surface area contributed by atoms with Gasteiger partial charge in [0.05, 0.1) is 30.5 Å². The summed E-state index contributed by atoms with van der Waals surface area (Å²) in [5.74, 6) is 0.988. The number of rotatable bonds is 6. The Morgan fingerprint density at radius 2 is 1.93 bits per heavy atom. The number of hydrazone groups is 1. The predicted molar refractivity (Wildman–Crippen MR) is 110 cm³/mol. The van der Waals surface area contributed by atoms with Gasteiger partial charge >= 0.3 is 0 Å². The molecule has 1 amide bonds. The maximum Gasteiger partial charge on any atom is 0.272 e. The average molecular weight is 377 g/mol. The number of carbonyl (C=O) groups is 1. The summed E-state index contributed by atoms with van der Waals surface area (Å²) in [6.07, 6.45) is 1.61. The Kier molecular flexibility index (Phi) is 5.89. The zero-order chi connectivity index (χ0) is 20.1. The van der Waals surface area contributed by atoms with E-state index < -0.39 is 0 Å². The summed E-state index contributed by atoms with van der Waals surface area (Å²) in [6.45, 7) is 5.77. The second kappa shape index (κ2) is 8.52. The lowest BCUT2D eigenvalue weighted by atomic mass is 10.1. The molecule has 6 nitrogen and oxygen atoms in total. The molecule has 144 valence electrons. The first-order valence-electron chi connectivity index (χ1n) is 9.02. The summed E-state index contributed by atoms with van der Waals surface area (Å²) in [5, 5.41) is 4.87. The normalized spacial score (nSPS) is 11.2. The molecular formula is C22H23N3O3. The number of pyridine rings is 1. The number of fused-ring (bicyclic) bond motifs is 1. The van der Waals surface area contributed by atoms with Gasteiger partial charge in [-0.05, 0) is 56.7 Å². The Labute approximate surface area is 164 Å². The number of ether oxygens (including phenoxy) is 2. The van der Waals surface area contributed by atoms with Crippen LogP contribution in [0.4, 0.5) is 0 Å². The number of hydrogen-bond acceptors (Lipinski definition) is 5. The Balaban J connectivity index is 1.77. The van der Waals surface area contributed by atoms with Crippen LogP contribution in [0.1, 0.15) is 35.5 Å². The molecule has 1 heterocycles. The minimum Gasteiger partial charge on any atom is -0.493 e. The topological polar surface area (TPSA) is 72.8 Å². The third-order valence-corrected chi connectivity index (χ3v) is 4.02. The van der Waals surface area contributed by atoms with E-state index in [0.717, 1.165) is 22.2 Å². The third-order valence-electron chi connectivity index (χ3n) is 4.02. The van der Waals surface area contributed by atoms with Gasteiger partial charge in [-0.3, -0.25) is 9.78 Å². The number of nitrogens with zero attached hydrogens (tertiary/aromatic N) is 2. The van der Waals surface area contributed by atoms with Crippen molar-refractivity contribution in [1.29, 1.82) is 0 Å². The molecule has 1 aromatic heterocycles. The van der Waals surface area contributed by atoms with Crippen molar-refractivity contribution >= 4 is 23.0 Å². The molecule has 1 N–H and O–H groups in total. The largest absolute Gasteiger partial charge is 0.493 e. The molecule has 2 aromatic carbocycles. The van der Waals surface area contributed by atoms with E-state index in [2.05, 4.69) is 15.5 Å². The van der Waals surface area contributed by atoms with E-state index in [4.69, 9.17) is 9.47 Å². The quantitative estimate of drug-likeness (QED) is 0.518. The van der Waals surface area contributed by atoms with E-state index in [-0.39, 0.29) is 12.0 Å². The number of aromatic nitrogens is 1. The fraction of sp³-hybridized carbons (Fsp3) is 0.227. The molecule has 0 aliphatic heterocycles. The van der Waals surface area contributed by atoms with E-state index >= 15 is 0 Å². The van der Waals surface area contributed by atoms with E-state index in [9.17, 15) is 4.79 Å². The van der Waals surface area contributed by atoms with E-state index in [1.165, 1.54) is 0 Å². The molecule has 28 heavy (non-hydrogen) atoms. The number of benzene rings is 2. The summed E-state index contributed by atoms with van der Waals surface area (Å²) in [4.78, 5) is 17.1. The highest BCUT2D eigenvalue weighted by molar-refractivity contribution is 6.06. The molecule has 3 aromatic rings. The fourth-order valence-corrected chi connectivity index (χ4v) is 2.84. The predicted octanol–water partition coefficient (Wildman–Crippen LogP) is 4.10. The lowest BCUT2D eigenvalue weighted by Gasteiger charge is -2.13. The number of para-hydroxylation sites is 1. The summed E-state index contributed by atoms with van der Waals surface area (Å²) in [6, 6.07) is 14.8. The Hall–Kier alpha value is -3.41. The van der Waals surface area contributed by atoms with Crippen LogP contribution in [0.15, 0.2) is 53.6 Å². The molecular weight excluding hydrogens is 354 g/mol. The highest BCUT2D eigenvalue weighted by atomic mass is 16.5. The van der Waals surface area contributed by atoms with Crippen molar-refractivity contribution in [2.75, 3.05) is 7.11 Å². The first-order valence-corrected chi connectivity index (χ1v) is 9.02. The second-order valence-corrected chi connectivity index (χ2v) is 6.60. The van der Waals surface area contributed by atoms with Crippen molar-refractivity contribution in [1.82, 2.24) is 10.4 Å². The van der Waals surface area contributed by atoms with Crippen LogP contribution in [0.2, 0.25) is 0 Å². The minimum absolute atomic E-state index is 0.0475. The molecule has 0 radical (unpaired) electrons. The van der Waals surface area contributed by atoms with Crippen LogP contribution in [0.3, 0.4) is 0 Å². The fourth-order valence-electron chi connectivity index (χ4n) is 2.84. The van der Waals surface area contributed by atoms with E-state index in [0.29, 0.717) is 17.1 Å². The standard InChI is InChI=1S/C22H23N3O3/c1-14(2)28-20-10-9-16(12-21(20)27-4)13-23-25-22(26)18-11-15(3)24-19-8-6-5-7-17(18)19/h5-14H,1-4H3,(H,25,26). The second-order valence-electron chi connectivity index (χ2n) is 6.60. The molecule has 0 bridgehead atoms. The lowest BCUT2D eigenvalue weighted by molar-refractivity contribution is 0.0956. The van der Waals surface area contributed by atoms with Gasteiger partial charge in [-0.1, -0.05) is 18.2 Å². The number of aryl methyl sites for hydroxylation is 1. The van der Waals surface area contributed by atoms with Crippen LogP contribution in [0, 0.1) is 6.92 Å². The molecule has 0 fully saturated rings. The summed E-state index contributed by atoms with van der Waals surface area (Å²) >= 11 is 0. The van der Waals surface area contributed by atoms with Crippen LogP contribution in [0.5, 0.6) is 11.5 Å². The smallest absolute Gasteiger partial charge is 0.272 e. The molecule has 0 atom stereocenters. The van der Waals surface area contributed by atoms with Gasteiger partial charge < -0.3 is 9.47 Å². The number of hydrogen-bond donors (Lipinski definition) is 1. The van der Waals surface area contributed by atoms with Gasteiger partial charge in [0.1, 0.15) is 0 Å². The molecule has 6 heteroatoms. The van der Waals surface area contributed by atoms with Gasteiger partial charge in [0.2, 0.25) is 0 Å². The number of methoxy groups -OCH3 is 1. The van der Waals surface area contributed by atoms with Crippen molar-refractivity contribution in [3.63, 3.8) is 0 Å². The van der Waals surface area contributed by atoms with Crippen LogP contribution in [-0.2, 0) is 0 Å². The zero-order valence-corrected chi connectivity index (χ0v) is 16.4. The van der Waals surface area contributed by atoms with Gasteiger partial charge in [-0.15, -0.1) is 0 Å². The molecule has 0 aliphatic carbocycles. The van der Waals surface area contributed by atoms with E-state index in [1.54, 1.807) is 25.5 Å². The van der Waals surface area contributed by atoms with Crippen molar-refractivity contribution in [3.8, 4) is 11.5 Å². The van der Waals surface area contributed by atoms with Crippen LogP contribution >= 0.6 is 0 Å². The van der Waals surface area contributed by atoms with Crippen LogP contribution in [-0.4, -0.2) is 30.3 Å². The van der Waals surface area contributed by atoms with E-state index in [1.807, 2.05) is 57.2 Å². The highest BCUT2D eigenvalue weighted by Crippen LogP contribution is 2.28. The number of carbonyl (C=O) groups excluding carboxylic acids is 1. The third kappa shape index (κ3) is 4.46. The van der Waals surface area contributed by atoms with Crippen LogP contribution < -0.4 is 14.9 Å². The minimum atomic E-state index is -0.287. The Bertz CT molecular complexity index is 1030. The first kappa shape index (κ1) is 19.4. The molecule has 0 saturated heterocycles. The monoisotopic (exact) mass is 377 g/mol. The van der Waals surface area contributed by atoms with Gasteiger partial charge in [0.25, 0.3) is 5.91 Å². The van der Waals surface area contributed by atoms with Gasteiger partial charge in [-0.2, -0.15) is 5.10 Å². The van der Waals surface area contributed by atoms with Crippen molar-refractivity contribution in [2.24, 2.45) is 5.10 Å². The van der Waals surface area contributed by atoms with Crippen molar-refractivity contribution in [2.45, 2.75) is 26.9 Å². The number of nitrogens with one attached hydrogen (secondary N) is 1. The Morgan fingerprint density at radius 1 is 1.14 bits per heavy atom. The lowest BCUT2D eigenvalue weighted by Crippen LogP contribution is -2.18. The first-order chi connectivity index (χ1) is 13.5. The number of amides is 1. The average Bonchev–Trinajstić information content (AvgIpc) is 2.67. The van der Waals surface area contributed by atoms with Gasteiger partial charge in [-0.25, -0.2) is 5.43 Å². The van der Waals surface area contributed by atoms with Gasteiger partial charge in [0.15, 0.2) is 11.5 Å². The maximum absolute atomic E-state index is 12.6.